The van der Waals surface area contributed by atoms with Crippen molar-refractivity contribution in [3.8, 4) is 67.9 Å². The molecule has 27 heteroatoms. The summed E-state index contributed by atoms with van der Waals surface area (Å²) in [6, 6.07) is 42.5. The molecule has 9 heterocycles. The topological polar surface area (TPSA) is 254 Å². The highest BCUT2D eigenvalue weighted by molar-refractivity contribution is 7.98. The highest BCUT2D eigenvalue weighted by atomic mass is 32.2. The van der Waals surface area contributed by atoms with Crippen molar-refractivity contribution >= 4 is 21.8 Å². The standard InChI is InChI=1S/C33H27F2N5S.C26H20F3N5.C26H22F2N6O2S/c1-32(2)23-13-15-33(32,30-22(23)17-26(39-40-30)29-24(34)9-6-10-25(29)35)27-14-16-36-31(38-27)21-11-12-28(37-18-21)41-19-20-7-4-3-5-8-20;1-25(2)16-8-10-26(25,20-9-11-30-24(32-20)14-6-7-21(29)31-13-14)23-15(16)12-19(33-34-23)22-17(27)4-3-5-18(22)28;1-25(2)16-8-10-26(25,23-15(16)12-19(33-34-23)22-17(27)4-3-5-18(22)28)20-9-11-30-24(32-20)14-6-7-21(31-13-14)37(29,35)36/h3-12,14,16-18,23H,13,15,19H2,1-2H3;3-7,9,11-13,16H,8,10H2,1-2H3;3-7,9,11-13,16H,8,10H2,1-2H3,(H2,29,35,36)/t23-,33-;2*16-,26-/m000/s1. The van der Waals surface area contributed by atoms with Gasteiger partial charge in [0.1, 0.15) is 34.9 Å². The van der Waals surface area contributed by atoms with Crippen LogP contribution in [0.4, 0.5) is 30.7 Å². The van der Waals surface area contributed by atoms with E-state index in [2.05, 4.69) is 114 Å². The van der Waals surface area contributed by atoms with Crippen molar-refractivity contribution in [2.45, 2.75) is 130 Å². The second kappa shape index (κ2) is 27.5. The molecule has 0 aliphatic heterocycles. The van der Waals surface area contributed by atoms with Crippen LogP contribution in [0.25, 0.3) is 67.9 Å². The number of hydrogen-bond acceptors (Lipinski definition) is 18. The number of hydrogen-bond donors (Lipinski definition) is 1. The van der Waals surface area contributed by atoms with Crippen LogP contribution in [0, 0.1) is 57.1 Å². The first kappa shape index (κ1) is 73.4. The Morgan fingerprint density at radius 2 is 0.759 bits per heavy atom. The summed E-state index contributed by atoms with van der Waals surface area (Å²) in [7, 11) is -3.92. The minimum atomic E-state index is -3.92. The molecule has 6 aliphatic rings. The molecule has 6 bridgehead atoms. The van der Waals surface area contributed by atoms with Crippen molar-refractivity contribution in [3.05, 3.63) is 292 Å². The van der Waals surface area contributed by atoms with E-state index in [0.29, 0.717) is 28.6 Å². The smallest absolute Gasteiger partial charge is 0.249 e. The summed E-state index contributed by atoms with van der Waals surface area (Å²) >= 11 is 1.69. The van der Waals surface area contributed by atoms with Crippen molar-refractivity contribution in [2.24, 2.45) is 21.4 Å². The highest BCUT2D eigenvalue weighted by Gasteiger charge is 2.68. The second-order valence-corrected chi connectivity index (χ2v) is 33.3. The molecule has 6 atom stereocenters. The molecular weight excluding hydrogens is 1470 g/mol. The van der Waals surface area contributed by atoms with Gasteiger partial charge in [-0.1, -0.05) is 90.1 Å². The molecule has 19 rings (SSSR count). The van der Waals surface area contributed by atoms with Gasteiger partial charge in [0.15, 0.2) is 22.5 Å². The Kier molecular flexibility index (Phi) is 18.0. The molecule has 0 spiro atoms. The summed E-state index contributed by atoms with van der Waals surface area (Å²) in [5.74, 6) is -1.87. The fourth-order valence-electron chi connectivity index (χ4n) is 19.0. The molecule has 0 amide bonds. The molecule has 2 N–H and O–H groups in total. The van der Waals surface area contributed by atoms with Gasteiger partial charge >= 0.3 is 0 Å². The summed E-state index contributed by atoms with van der Waals surface area (Å²) in [4.78, 5) is 40.5. The molecule has 112 heavy (non-hydrogen) atoms. The van der Waals surface area contributed by atoms with Gasteiger partial charge in [-0.15, -0.1) is 27.1 Å². The molecule has 18 nitrogen and oxygen atoms in total. The summed E-state index contributed by atoms with van der Waals surface area (Å²) in [5.41, 5.74) is 8.61. The zero-order chi connectivity index (χ0) is 78.0. The third-order valence-corrected chi connectivity index (χ3v) is 26.4. The lowest BCUT2D eigenvalue weighted by molar-refractivity contribution is 0.242. The SMILES string of the molecule is CC1(C)[C@H]2CC[C@]1(c1ccnc(-c3ccc(F)nc3)n1)c1nnc(-c3c(F)cccc3F)cc12.CC1(C)[C@H]2CC[C@]1(c1ccnc(-c3ccc(S(N)(=O)=O)nc3)n1)c1nnc(-c3c(F)cccc3F)cc12.CC1(C)[C@H]2CC[C@]1(c1ccnc(-c3ccc(SCc4ccccc4)nc3)n1)c1nnc(-c3c(F)cccc3F)cc12. The van der Waals surface area contributed by atoms with E-state index in [1.807, 2.05) is 60.8 Å². The van der Waals surface area contributed by atoms with E-state index in [1.165, 1.54) is 84.7 Å². The molecule has 13 aromatic rings. The predicted octanol–water partition coefficient (Wildman–Crippen LogP) is 17.5. The number of sulfonamides is 1. The van der Waals surface area contributed by atoms with E-state index < -0.39 is 67.1 Å². The van der Waals surface area contributed by atoms with E-state index in [0.717, 1.165) is 106 Å². The van der Waals surface area contributed by atoms with E-state index in [4.69, 9.17) is 20.1 Å². The fraction of sp³-hybridized carbons (Fsp3) is 0.259. The van der Waals surface area contributed by atoms with Gasteiger partial charge in [0, 0.05) is 59.6 Å². The molecule has 0 unspecified atom stereocenters. The number of nitrogens with zero attached hydrogens (tertiary/aromatic N) is 15. The summed E-state index contributed by atoms with van der Waals surface area (Å²) in [5, 5.41) is 32.5. The Morgan fingerprint density at radius 1 is 0.402 bits per heavy atom. The Labute approximate surface area is 644 Å². The summed E-state index contributed by atoms with van der Waals surface area (Å²) in [6.07, 6.45) is 14.9. The lowest BCUT2D eigenvalue weighted by Gasteiger charge is -2.37. The molecular formula is C85H69F7N16O2S2. The van der Waals surface area contributed by atoms with Crippen molar-refractivity contribution in [2.75, 3.05) is 0 Å². The number of rotatable bonds is 13. The van der Waals surface area contributed by atoms with Crippen LogP contribution in [0.1, 0.15) is 154 Å². The molecule has 562 valence electrons. The Morgan fingerprint density at radius 3 is 1.09 bits per heavy atom. The number of thioether (sulfide) groups is 1. The summed E-state index contributed by atoms with van der Waals surface area (Å²) < 4.78 is 123. The third kappa shape index (κ3) is 11.7. The fourth-order valence-corrected chi connectivity index (χ4v) is 20.3. The Hall–Kier alpha value is -11.4. The molecule has 9 aromatic heterocycles. The van der Waals surface area contributed by atoms with Gasteiger partial charge in [-0.25, -0.2) is 84.8 Å². The van der Waals surface area contributed by atoms with Gasteiger partial charge < -0.3 is 0 Å². The first-order valence-electron chi connectivity index (χ1n) is 36.5. The first-order valence-corrected chi connectivity index (χ1v) is 39.0. The van der Waals surface area contributed by atoms with E-state index in [-0.39, 0.29) is 72.8 Å². The van der Waals surface area contributed by atoms with Gasteiger partial charge in [-0.05, 0) is 204 Å². The monoisotopic (exact) mass is 1540 g/mol. The number of pyridine rings is 3. The van der Waals surface area contributed by atoms with Crippen LogP contribution in [-0.2, 0) is 32.0 Å². The zero-order valence-electron chi connectivity index (χ0n) is 61.2. The normalized spacial score (nSPS) is 21.3. The van der Waals surface area contributed by atoms with Crippen LogP contribution in [0.5, 0.6) is 0 Å². The van der Waals surface area contributed by atoms with Gasteiger partial charge in [0.05, 0.1) is 89.2 Å². The van der Waals surface area contributed by atoms with Crippen LogP contribution < -0.4 is 5.14 Å². The Bertz CT molecular complexity index is 5980. The van der Waals surface area contributed by atoms with Crippen molar-refractivity contribution < 1.29 is 39.2 Å². The largest absolute Gasteiger partial charge is 0.255 e. The zero-order valence-corrected chi connectivity index (χ0v) is 62.9. The molecule has 3 saturated carbocycles. The maximum absolute atomic E-state index is 14.6. The van der Waals surface area contributed by atoms with Gasteiger partial charge in [-0.2, -0.15) is 19.7 Å². The van der Waals surface area contributed by atoms with Gasteiger partial charge in [0.25, 0.3) is 10.0 Å². The van der Waals surface area contributed by atoms with Crippen LogP contribution in [0.2, 0.25) is 0 Å². The van der Waals surface area contributed by atoms with Crippen LogP contribution in [0.15, 0.2) is 205 Å². The molecule has 3 fully saturated rings. The number of primary sulfonamides is 1. The van der Waals surface area contributed by atoms with Crippen molar-refractivity contribution in [3.63, 3.8) is 0 Å². The third-order valence-electron chi connectivity index (χ3n) is 24.6. The number of fused-ring (bicyclic) bond motifs is 15. The number of halogens is 7. The van der Waals surface area contributed by atoms with Crippen molar-refractivity contribution in [1.82, 2.24) is 75.4 Å². The van der Waals surface area contributed by atoms with Crippen LogP contribution >= 0.6 is 11.8 Å². The lowest BCUT2D eigenvalue weighted by atomic mass is 9.66. The number of aromatic nitrogens is 15. The second-order valence-electron chi connectivity index (χ2n) is 30.8. The molecule has 0 saturated heterocycles. The van der Waals surface area contributed by atoms with Crippen LogP contribution in [0.3, 0.4) is 0 Å². The maximum Gasteiger partial charge on any atom is 0.255 e. The predicted molar refractivity (Wildman–Crippen MR) is 405 cm³/mol. The van der Waals surface area contributed by atoms with E-state index >= 15 is 0 Å². The van der Waals surface area contributed by atoms with Crippen LogP contribution in [-0.4, -0.2) is 83.9 Å². The minimum absolute atomic E-state index is 0.0979. The maximum atomic E-state index is 14.6. The van der Waals surface area contributed by atoms with Gasteiger partial charge in [-0.3, -0.25) is 0 Å². The molecule has 6 aliphatic carbocycles. The molecule has 0 radical (unpaired) electrons. The minimum Gasteiger partial charge on any atom is -0.249 e. The molecule has 4 aromatic carbocycles. The highest BCUT2D eigenvalue weighted by Crippen LogP contribution is 2.72. The Balaban J connectivity index is 0.000000122. The average molecular weight is 1540 g/mol. The van der Waals surface area contributed by atoms with Crippen molar-refractivity contribution in [1.29, 1.82) is 0 Å². The van der Waals surface area contributed by atoms with E-state index in [1.54, 1.807) is 54.6 Å². The quantitative estimate of drug-likeness (QED) is 0.0639. The number of benzene rings is 4. The first-order chi connectivity index (χ1) is 53.7. The average Bonchev–Trinajstić information content (AvgIpc) is 1.53. The lowest BCUT2D eigenvalue weighted by Crippen LogP contribution is -2.38. The summed E-state index contributed by atoms with van der Waals surface area (Å²) in [6.45, 7) is 13.1. The number of nitrogens with two attached hydrogens (primary N) is 1. The van der Waals surface area contributed by atoms with Gasteiger partial charge in [0.2, 0.25) is 5.95 Å². The van der Waals surface area contributed by atoms with E-state index in [9.17, 15) is 39.2 Å².